The zero-order valence-corrected chi connectivity index (χ0v) is 16.3. The minimum atomic E-state index is -5.12. The fourth-order valence-corrected chi connectivity index (χ4v) is 4.58. The van der Waals surface area contributed by atoms with Crippen LogP contribution in [0, 0.1) is 46.5 Å². The Kier molecular flexibility index (Phi) is 4.44. The molecular formula is C20H5F8O4P. The molecule has 33 heavy (non-hydrogen) atoms. The predicted molar refractivity (Wildman–Crippen MR) is 97.6 cm³/mol. The van der Waals surface area contributed by atoms with Gasteiger partial charge in [-0.3, -0.25) is 4.89 Å². The fourth-order valence-electron chi connectivity index (χ4n) is 3.75. The average Bonchev–Trinajstić information content (AvgIpc) is 2.89. The molecule has 1 aliphatic rings. The molecule has 170 valence electrons. The standard InChI is InChI=1S/C20H5F8O4P/c21-13-5-1-3-7-11(9(5)15(23)19(27)17(13)25)12-8(32-33(29,30)31-7)4-2-6-10(12)16(24)20(28)18(26)14(6)22/h1-4H,(H,29,30). The van der Waals surface area contributed by atoms with Crippen molar-refractivity contribution in [2.24, 2.45) is 0 Å². The van der Waals surface area contributed by atoms with Gasteiger partial charge in [-0.1, -0.05) is 0 Å². The van der Waals surface area contributed by atoms with Crippen molar-refractivity contribution in [1.29, 1.82) is 0 Å². The van der Waals surface area contributed by atoms with Crippen LogP contribution < -0.4 is 9.05 Å². The van der Waals surface area contributed by atoms with Gasteiger partial charge in [-0.05, 0) is 24.3 Å². The summed E-state index contributed by atoms with van der Waals surface area (Å²) >= 11 is 0. The lowest BCUT2D eigenvalue weighted by molar-refractivity contribution is 0.294. The van der Waals surface area contributed by atoms with Gasteiger partial charge in [0, 0.05) is 32.7 Å². The second-order valence-corrected chi connectivity index (χ2v) is 8.19. The molecule has 0 unspecified atom stereocenters. The summed E-state index contributed by atoms with van der Waals surface area (Å²) in [6, 6.07) is 2.79. The van der Waals surface area contributed by atoms with E-state index in [2.05, 4.69) is 0 Å². The number of hydrogen-bond acceptors (Lipinski definition) is 3. The van der Waals surface area contributed by atoms with Crippen LogP contribution in [0.25, 0.3) is 32.7 Å². The Labute approximate surface area is 177 Å². The van der Waals surface area contributed by atoms with E-state index in [1.54, 1.807) is 0 Å². The molecular weight excluding hydrogens is 487 g/mol. The van der Waals surface area contributed by atoms with Crippen LogP contribution in [0.5, 0.6) is 11.5 Å². The Hall–Kier alpha value is -3.37. The maximum atomic E-state index is 14.9. The van der Waals surface area contributed by atoms with Crippen molar-refractivity contribution < 1.29 is 53.6 Å². The molecule has 0 aromatic heterocycles. The topological polar surface area (TPSA) is 55.8 Å². The SMILES string of the molecule is O=P1(O)Oc2ccc3c(F)c(F)c(F)c(F)c3c2-c2c(ccc3c(F)c(F)c(F)c(F)c23)O1. The third-order valence-electron chi connectivity index (χ3n) is 5.08. The van der Waals surface area contributed by atoms with Gasteiger partial charge in [-0.15, -0.1) is 0 Å². The van der Waals surface area contributed by atoms with Crippen molar-refractivity contribution in [2.75, 3.05) is 0 Å². The molecule has 4 nitrogen and oxygen atoms in total. The summed E-state index contributed by atoms with van der Waals surface area (Å²) in [5.74, 6) is -18.4. The first-order valence-electron chi connectivity index (χ1n) is 8.74. The van der Waals surface area contributed by atoms with Gasteiger partial charge >= 0.3 is 7.82 Å². The molecule has 0 amide bonds. The van der Waals surface area contributed by atoms with Crippen LogP contribution in [0.1, 0.15) is 0 Å². The van der Waals surface area contributed by atoms with Gasteiger partial charge in [0.05, 0.1) is 0 Å². The second kappa shape index (κ2) is 6.82. The second-order valence-electron chi connectivity index (χ2n) is 6.89. The van der Waals surface area contributed by atoms with Gasteiger partial charge in [-0.2, -0.15) is 0 Å². The molecule has 13 heteroatoms. The normalized spacial score (nSPS) is 14.5. The van der Waals surface area contributed by atoms with E-state index in [1.165, 1.54) is 0 Å². The van der Waals surface area contributed by atoms with E-state index in [-0.39, 0.29) is 0 Å². The van der Waals surface area contributed by atoms with E-state index >= 15 is 0 Å². The number of fused-ring (bicyclic) bond motifs is 7. The van der Waals surface area contributed by atoms with E-state index in [9.17, 15) is 44.6 Å². The Morgan fingerprint density at radius 2 is 0.879 bits per heavy atom. The predicted octanol–water partition coefficient (Wildman–Crippen LogP) is 6.64. The Balaban J connectivity index is 2.12. The summed E-state index contributed by atoms with van der Waals surface area (Å²) in [6.45, 7) is 0. The maximum absolute atomic E-state index is 14.9. The molecule has 0 fully saturated rings. The van der Waals surface area contributed by atoms with E-state index in [0.717, 1.165) is 12.1 Å². The van der Waals surface area contributed by atoms with Crippen LogP contribution in [0.2, 0.25) is 0 Å². The van der Waals surface area contributed by atoms with Crippen LogP contribution in [0.4, 0.5) is 35.1 Å². The van der Waals surface area contributed by atoms with E-state index in [0.29, 0.717) is 12.1 Å². The lowest BCUT2D eigenvalue weighted by Crippen LogP contribution is -2.02. The number of rotatable bonds is 0. The minimum absolute atomic E-state index is 0.669. The van der Waals surface area contributed by atoms with Crippen molar-refractivity contribution in [2.45, 2.75) is 0 Å². The summed E-state index contributed by atoms with van der Waals surface area (Å²) in [6.07, 6.45) is 0. The maximum Gasteiger partial charge on any atom is 0.584 e. The molecule has 4 aromatic rings. The lowest BCUT2D eigenvalue weighted by Gasteiger charge is -2.16. The molecule has 0 radical (unpaired) electrons. The van der Waals surface area contributed by atoms with Gasteiger partial charge in [0.2, 0.25) is 0 Å². The molecule has 0 bridgehead atoms. The minimum Gasteiger partial charge on any atom is -0.395 e. The van der Waals surface area contributed by atoms with Crippen molar-refractivity contribution in [1.82, 2.24) is 0 Å². The molecule has 4 aromatic carbocycles. The van der Waals surface area contributed by atoms with E-state index < -0.39 is 98.5 Å². The third-order valence-corrected chi connectivity index (χ3v) is 5.93. The average molecular weight is 492 g/mol. The Bertz CT molecular complexity index is 1490. The highest BCUT2D eigenvalue weighted by Crippen LogP contribution is 2.57. The third kappa shape index (κ3) is 2.83. The monoisotopic (exact) mass is 492 g/mol. The van der Waals surface area contributed by atoms with Crippen LogP contribution in [-0.2, 0) is 4.57 Å². The highest BCUT2D eigenvalue weighted by molar-refractivity contribution is 7.48. The fraction of sp³-hybridized carbons (Fsp3) is 0. The summed E-state index contributed by atoms with van der Waals surface area (Å²) in [4.78, 5) is 9.94. The number of hydrogen-bond donors (Lipinski definition) is 1. The van der Waals surface area contributed by atoms with Gasteiger partial charge in [-0.25, -0.2) is 39.7 Å². The molecule has 1 aliphatic heterocycles. The molecule has 1 N–H and O–H groups in total. The van der Waals surface area contributed by atoms with E-state index in [4.69, 9.17) is 9.05 Å². The van der Waals surface area contributed by atoms with Gasteiger partial charge in [0.15, 0.2) is 46.5 Å². The van der Waals surface area contributed by atoms with Gasteiger partial charge in [0.1, 0.15) is 11.5 Å². The van der Waals surface area contributed by atoms with Crippen LogP contribution in [-0.4, -0.2) is 4.89 Å². The first-order valence-corrected chi connectivity index (χ1v) is 10.2. The van der Waals surface area contributed by atoms with E-state index in [1.807, 2.05) is 0 Å². The smallest absolute Gasteiger partial charge is 0.395 e. The van der Waals surface area contributed by atoms with Crippen LogP contribution in [0.15, 0.2) is 24.3 Å². The number of halogens is 8. The summed E-state index contributed by atoms with van der Waals surface area (Å²) in [5, 5.41) is -4.08. The van der Waals surface area contributed by atoms with Crippen molar-refractivity contribution in [3.8, 4) is 22.6 Å². The summed E-state index contributed by atoms with van der Waals surface area (Å²) < 4.78 is 136. The first kappa shape index (κ1) is 21.5. The molecule has 1 heterocycles. The summed E-state index contributed by atoms with van der Waals surface area (Å²) in [7, 11) is -5.12. The van der Waals surface area contributed by atoms with Gasteiger partial charge in [0.25, 0.3) is 0 Å². The first-order chi connectivity index (χ1) is 15.4. The Morgan fingerprint density at radius 3 is 1.24 bits per heavy atom. The quantitative estimate of drug-likeness (QED) is 0.129. The highest BCUT2D eigenvalue weighted by Gasteiger charge is 2.37. The highest BCUT2D eigenvalue weighted by atomic mass is 31.2. The Morgan fingerprint density at radius 1 is 0.545 bits per heavy atom. The molecule has 5 rings (SSSR count). The number of phosphoric ester groups is 1. The molecule has 0 atom stereocenters. The molecule has 0 aliphatic carbocycles. The number of phosphoric acid groups is 1. The largest absolute Gasteiger partial charge is 0.584 e. The summed E-state index contributed by atoms with van der Waals surface area (Å²) in [5.41, 5.74) is -1.78. The van der Waals surface area contributed by atoms with Crippen LogP contribution in [0.3, 0.4) is 0 Å². The zero-order valence-electron chi connectivity index (χ0n) is 15.5. The molecule has 0 saturated heterocycles. The molecule has 0 spiro atoms. The molecule has 0 saturated carbocycles. The van der Waals surface area contributed by atoms with Crippen molar-refractivity contribution >= 4 is 29.4 Å². The van der Waals surface area contributed by atoms with Crippen LogP contribution >= 0.6 is 7.82 Å². The van der Waals surface area contributed by atoms with Gasteiger partial charge < -0.3 is 9.05 Å². The van der Waals surface area contributed by atoms with Crippen molar-refractivity contribution in [3.63, 3.8) is 0 Å². The van der Waals surface area contributed by atoms with Crippen molar-refractivity contribution in [3.05, 3.63) is 70.8 Å². The zero-order chi connectivity index (χ0) is 24.0. The lowest BCUT2D eigenvalue weighted by atomic mass is 9.91. The number of benzene rings is 4.